The maximum absolute atomic E-state index is 12.3. The lowest BCUT2D eigenvalue weighted by atomic mass is 9.95. The zero-order valence-corrected chi connectivity index (χ0v) is 13.9. The van der Waals surface area contributed by atoms with E-state index in [-0.39, 0.29) is 5.91 Å². The van der Waals surface area contributed by atoms with Crippen LogP contribution in [0.25, 0.3) is 10.9 Å². The maximum Gasteiger partial charge on any atom is 0.331 e. The van der Waals surface area contributed by atoms with E-state index in [1.165, 1.54) is 7.11 Å². The van der Waals surface area contributed by atoms with Crippen molar-refractivity contribution >= 4 is 22.8 Å². The van der Waals surface area contributed by atoms with Gasteiger partial charge in [-0.3, -0.25) is 4.79 Å². The molecule has 1 aromatic carbocycles. The highest BCUT2D eigenvalue weighted by Crippen LogP contribution is 2.19. The Kier molecular flexibility index (Phi) is 5.42. The molecule has 0 bridgehead atoms. The summed E-state index contributed by atoms with van der Waals surface area (Å²) in [6, 6.07) is 8.00. The first-order valence-electron chi connectivity index (χ1n) is 7.94. The summed E-state index contributed by atoms with van der Waals surface area (Å²) in [5, 5.41) is 3.96. The minimum absolute atomic E-state index is 0.142. The minimum Gasteiger partial charge on any atom is -0.467 e. The average Bonchev–Trinajstić information content (AvgIpc) is 2.95. The van der Waals surface area contributed by atoms with Gasteiger partial charge in [-0.05, 0) is 31.4 Å². The van der Waals surface area contributed by atoms with E-state index in [4.69, 9.17) is 4.74 Å². The molecule has 2 N–H and O–H groups in total. The van der Waals surface area contributed by atoms with Crippen molar-refractivity contribution in [3.05, 3.63) is 36.0 Å². The Balaban J connectivity index is 2.00. The third-order valence-corrected chi connectivity index (χ3v) is 4.10. The smallest absolute Gasteiger partial charge is 0.331 e. The van der Waals surface area contributed by atoms with Gasteiger partial charge in [0.15, 0.2) is 0 Å². The van der Waals surface area contributed by atoms with Gasteiger partial charge in [-0.15, -0.1) is 0 Å². The van der Waals surface area contributed by atoms with Gasteiger partial charge in [-0.2, -0.15) is 0 Å². The molecule has 1 atom stereocenters. The molecule has 0 aliphatic heterocycles. The zero-order chi connectivity index (χ0) is 16.9. The quantitative estimate of drug-likeness (QED) is 0.772. The summed E-state index contributed by atoms with van der Waals surface area (Å²) >= 11 is 0. The molecule has 124 valence electrons. The van der Waals surface area contributed by atoms with Crippen molar-refractivity contribution in [2.24, 2.45) is 0 Å². The van der Waals surface area contributed by atoms with Crippen LogP contribution < -0.4 is 5.32 Å². The minimum atomic E-state index is -0.958. The molecule has 1 heterocycles. The molecule has 2 aromatic rings. The number of hydrogen-bond donors (Lipinski definition) is 2. The molecule has 2 rings (SSSR count). The lowest BCUT2D eigenvalue weighted by molar-refractivity contribution is -0.150. The van der Waals surface area contributed by atoms with E-state index in [1.807, 2.05) is 37.4 Å². The van der Waals surface area contributed by atoms with Gasteiger partial charge in [0.25, 0.3) is 0 Å². The van der Waals surface area contributed by atoms with Gasteiger partial charge in [0.05, 0.1) is 7.11 Å². The number of methoxy groups -OCH3 is 1. The molecule has 5 nitrogen and oxygen atoms in total. The molecule has 1 aromatic heterocycles. The Morgan fingerprint density at radius 1 is 1.30 bits per heavy atom. The second-order valence-corrected chi connectivity index (χ2v) is 5.98. The number of aromatic nitrogens is 1. The van der Waals surface area contributed by atoms with Crippen LogP contribution in [0.15, 0.2) is 30.5 Å². The fraction of sp³-hybridized carbons (Fsp3) is 0.444. The van der Waals surface area contributed by atoms with Crippen LogP contribution in [-0.2, 0) is 20.7 Å². The summed E-state index contributed by atoms with van der Waals surface area (Å²) in [6.07, 6.45) is 4.23. The number of amides is 1. The number of H-pyrrole nitrogens is 1. The maximum atomic E-state index is 12.3. The van der Waals surface area contributed by atoms with Crippen LogP contribution in [0.2, 0.25) is 0 Å². The molecule has 0 fully saturated rings. The molecular weight excluding hydrogens is 292 g/mol. The summed E-state index contributed by atoms with van der Waals surface area (Å²) in [7, 11) is 1.34. The SMILES string of the molecule is CCCC(C)(NC(=O)CCc1c[nH]c2ccccc12)C(=O)OC. The summed E-state index contributed by atoms with van der Waals surface area (Å²) < 4.78 is 4.82. The number of benzene rings is 1. The normalized spacial score (nSPS) is 13.5. The first-order valence-corrected chi connectivity index (χ1v) is 7.94. The fourth-order valence-corrected chi connectivity index (χ4v) is 2.90. The summed E-state index contributed by atoms with van der Waals surface area (Å²) in [6.45, 7) is 3.69. The highest BCUT2D eigenvalue weighted by atomic mass is 16.5. The molecule has 23 heavy (non-hydrogen) atoms. The Labute approximate surface area is 136 Å². The summed E-state index contributed by atoms with van der Waals surface area (Å²) in [5.74, 6) is -0.545. The molecule has 0 saturated heterocycles. The van der Waals surface area contributed by atoms with Crippen LogP contribution in [0, 0.1) is 0 Å². The molecule has 1 amide bonds. The molecule has 0 aliphatic carbocycles. The number of para-hydroxylation sites is 1. The van der Waals surface area contributed by atoms with Crippen molar-refractivity contribution in [1.82, 2.24) is 10.3 Å². The van der Waals surface area contributed by atoms with Gasteiger partial charge in [0.1, 0.15) is 5.54 Å². The van der Waals surface area contributed by atoms with E-state index >= 15 is 0 Å². The van der Waals surface area contributed by atoms with Crippen LogP contribution in [-0.4, -0.2) is 29.5 Å². The number of fused-ring (bicyclic) bond motifs is 1. The molecule has 0 spiro atoms. The van der Waals surface area contributed by atoms with Crippen LogP contribution in [0.4, 0.5) is 0 Å². The predicted molar refractivity (Wildman–Crippen MR) is 90.1 cm³/mol. The number of ether oxygens (including phenoxy) is 1. The molecule has 0 radical (unpaired) electrons. The highest BCUT2D eigenvalue weighted by molar-refractivity contribution is 5.88. The van der Waals surface area contributed by atoms with Crippen molar-refractivity contribution in [3.63, 3.8) is 0 Å². The van der Waals surface area contributed by atoms with E-state index in [9.17, 15) is 9.59 Å². The van der Waals surface area contributed by atoms with Crippen LogP contribution in [0.3, 0.4) is 0 Å². The van der Waals surface area contributed by atoms with E-state index in [2.05, 4.69) is 10.3 Å². The molecular formula is C18H24N2O3. The van der Waals surface area contributed by atoms with Crippen molar-refractivity contribution in [2.75, 3.05) is 7.11 Å². The molecule has 0 saturated carbocycles. The van der Waals surface area contributed by atoms with Gasteiger partial charge in [-0.1, -0.05) is 31.5 Å². The first kappa shape index (κ1) is 17.1. The Hall–Kier alpha value is -2.30. The van der Waals surface area contributed by atoms with Crippen molar-refractivity contribution in [3.8, 4) is 0 Å². The van der Waals surface area contributed by atoms with Gasteiger partial charge in [0, 0.05) is 23.5 Å². The number of nitrogens with one attached hydrogen (secondary N) is 2. The number of rotatable bonds is 7. The number of carbonyl (C=O) groups excluding carboxylic acids is 2. The summed E-state index contributed by atoms with van der Waals surface area (Å²) in [5.41, 5.74) is 1.21. The lowest BCUT2D eigenvalue weighted by Crippen LogP contribution is -2.52. The number of hydrogen-bond acceptors (Lipinski definition) is 3. The number of esters is 1. The number of carbonyl (C=O) groups is 2. The van der Waals surface area contributed by atoms with Gasteiger partial charge in [0.2, 0.25) is 5.91 Å². The van der Waals surface area contributed by atoms with Crippen molar-refractivity contribution in [2.45, 2.75) is 45.1 Å². The Morgan fingerprint density at radius 2 is 2.04 bits per heavy atom. The van der Waals surface area contributed by atoms with Gasteiger partial charge in [-0.25, -0.2) is 4.79 Å². The number of aryl methyl sites for hydroxylation is 1. The topological polar surface area (TPSA) is 71.2 Å². The molecule has 0 aliphatic rings. The van der Waals surface area contributed by atoms with E-state index in [0.29, 0.717) is 19.3 Å². The monoisotopic (exact) mass is 316 g/mol. The highest BCUT2D eigenvalue weighted by Gasteiger charge is 2.34. The van der Waals surface area contributed by atoms with Crippen LogP contribution >= 0.6 is 0 Å². The van der Waals surface area contributed by atoms with E-state index < -0.39 is 11.5 Å². The third kappa shape index (κ3) is 3.92. The largest absolute Gasteiger partial charge is 0.467 e. The standard InChI is InChI=1S/C18H24N2O3/c1-4-11-18(2,17(22)23-3)20-16(21)10-9-13-12-19-15-8-6-5-7-14(13)15/h5-8,12,19H,4,9-11H2,1-3H3,(H,20,21). The lowest BCUT2D eigenvalue weighted by Gasteiger charge is -2.27. The summed E-state index contributed by atoms with van der Waals surface area (Å²) in [4.78, 5) is 27.4. The first-order chi connectivity index (χ1) is 11.0. The van der Waals surface area contributed by atoms with Gasteiger partial charge >= 0.3 is 5.97 Å². The van der Waals surface area contributed by atoms with E-state index in [1.54, 1.807) is 6.92 Å². The predicted octanol–water partition coefficient (Wildman–Crippen LogP) is 2.95. The van der Waals surface area contributed by atoms with Crippen LogP contribution in [0.1, 0.15) is 38.7 Å². The molecule has 5 heteroatoms. The Bertz CT molecular complexity index is 692. The second kappa shape index (κ2) is 7.31. The average molecular weight is 316 g/mol. The zero-order valence-electron chi connectivity index (χ0n) is 13.9. The second-order valence-electron chi connectivity index (χ2n) is 5.98. The third-order valence-electron chi connectivity index (χ3n) is 4.10. The Morgan fingerprint density at radius 3 is 2.74 bits per heavy atom. The van der Waals surface area contributed by atoms with E-state index in [0.717, 1.165) is 22.9 Å². The number of aromatic amines is 1. The van der Waals surface area contributed by atoms with Crippen LogP contribution in [0.5, 0.6) is 0 Å². The van der Waals surface area contributed by atoms with Gasteiger partial charge < -0.3 is 15.0 Å². The fourth-order valence-electron chi connectivity index (χ4n) is 2.90. The van der Waals surface area contributed by atoms with Crippen molar-refractivity contribution in [1.29, 1.82) is 0 Å². The molecule has 1 unspecified atom stereocenters. The van der Waals surface area contributed by atoms with Crippen molar-refractivity contribution < 1.29 is 14.3 Å².